The number of halogens is 1. The van der Waals surface area contributed by atoms with Crippen LogP contribution in [0.15, 0.2) is 30.5 Å². The number of Topliss-reactive ketones (excluding diaryl/α,β-unsaturated/α-hetero) is 1. The van der Waals surface area contributed by atoms with E-state index in [1.807, 2.05) is 6.07 Å². The maximum Gasteiger partial charge on any atom is 0.181 e. The molecule has 1 heterocycles. The van der Waals surface area contributed by atoms with Gasteiger partial charge in [-0.25, -0.2) is 4.39 Å². The van der Waals surface area contributed by atoms with Crippen molar-refractivity contribution in [2.24, 2.45) is 0 Å². The van der Waals surface area contributed by atoms with Gasteiger partial charge in [0.1, 0.15) is 17.3 Å². The highest BCUT2D eigenvalue weighted by atomic mass is 19.1. The van der Waals surface area contributed by atoms with Crippen LogP contribution in [-0.4, -0.2) is 17.9 Å². The van der Waals surface area contributed by atoms with Gasteiger partial charge in [-0.2, -0.15) is 0 Å². The molecule has 0 bridgehead atoms. The molecule has 0 aliphatic heterocycles. The Bertz CT molecular complexity index is 667. The van der Waals surface area contributed by atoms with E-state index in [4.69, 9.17) is 4.74 Å². The molecule has 1 aromatic heterocycles. The summed E-state index contributed by atoms with van der Waals surface area (Å²) in [4.78, 5) is 15.7. The molecule has 0 N–H and O–H groups in total. The molecule has 0 spiro atoms. The third-order valence-electron chi connectivity index (χ3n) is 3.34. The molecule has 1 aromatic carbocycles. The van der Waals surface area contributed by atoms with E-state index in [1.165, 1.54) is 13.2 Å². The summed E-state index contributed by atoms with van der Waals surface area (Å²) in [6.45, 7) is 0. The second kappa shape index (κ2) is 4.46. The van der Waals surface area contributed by atoms with Gasteiger partial charge in [0.05, 0.1) is 7.11 Å². The normalized spacial score (nSPS) is 13.5. The topological polar surface area (TPSA) is 39.2 Å². The minimum absolute atomic E-state index is 0.0627. The molecule has 0 saturated heterocycles. The van der Waals surface area contributed by atoms with Gasteiger partial charge in [0, 0.05) is 23.7 Å². The fourth-order valence-electron chi connectivity index (χ4n) is 2.32. The zero-order chi connectivity index (χ0) is 13.4. The van der Waals surface area contributed by atoms with Gasteiger partial charge >= 0.3 is 0 Å². The van der Waals surface area contributed by atoms with Crippen LogP contribution in [0.2, 0.25) is 0 Å². The zero-order valence-electron chi connectivity index (χ0n) is 10.4. The quantitative estimate of drug-likeness (QED) is 0.830. The molecule has 0 amide bonds. The Balaban J connectivity index is 2.10. The first kappa shape index (κ1) is 11.8. The second-order valence-electron chi connectivity index (χ2n) is 4.50. The average molecular weight is 257 g/mol. The van der Waals surface area contributed by atoms with Crippen molar-refractivity contribution in [3.63, 3.8) is 0 Å². The van der Waals surface area contributed by atoms with Crippen LogP contribution in [0.5, 0.6) is 5.75 Å². The lowest BCUT2D eigenvalue weighted by Gasteiger charge is -2.07. The van der Waals surface area contributed by atoms with Gasteiger partial charge in [0.2, 0.25) is 0 Å². The average Bonchev–Trinajstić information content (AvgIpc) is 2.80. The highest BCUT2D eigenvalue weighted by Crippen LogP contribution is 2.30. The van der Waals surface area contributed by atoms with Gasteiger partial charge in [-0.15, -0.1) is 0 Å². The molecule has 0 saturated carbocycles. The lowest BCUT2D eigenvalue weighted by molar-refractivity contribution is 0.0990. The van der Waals surface area contributed by atoms with E-state index in [0.717, 1.165) is 5.56 Å². The number of ether oxygens (including phenoxy) is 1. The monoisotopic (exact) mass is 257 g/mol. The van der Waals surface area contributed by atoms with Crippen molar-refractivity contribution in [3.05, 3.63) is 47.5 Å². The Kier molecular flexibility index (Phi) is 2.78. The number of methoxy groups -OCH3 is 1. The maximum absolute atomic E-state index is 13.9. The highest BCUT2D eigenvalue weighted by Gasteiger charge is 2.21. The van der Waals surface area contributed by atoms with Crippen molar-refractivity contribution in [2.75, 3.05) is 7.11 Å². The Labute approximate surface area is 110 Å². The van der Waals surface area contributed by atoms with Crippen LogP contribution in [-0.2, 0) is 6.42 Å². The molecule has 1 aliphatic carbocycles. The van der Waals surface area contributed by atoms with Crippen molar-refractivity contribution in [2.45, 2.75) is 12.8 Å². The lowest BCUT2D eigenvalue weighted by Crippen LogP contribution is -1.96. The smallest absolute Gasteiger partial charge is 0.181 e. The first-order chi connectivity index (χ1) is 9.19. The van der Waals surface area contributed by atoms with Gasteiger partial charge < -0.3 is 4.74 Å². The van der Waals surface area contributed by atoms with Crippen LogP contribution in [0.25, 0.3) is 11.1 Å². The summed E-state index contributed by atoms with van der Waals surface area (Å²) in [5.41, 5.74) is 2.52. The van der Waals surface area contributed by atoms with Crippen LogP contribution < -0.4 is 4.74 Å². The van der Waals surface area contributed by atoms with Crippen molar-refractivity contribution >= 4 is 5.78 Å². The third-order valence-corrected chi connectivity index (χ3v) is 3.34. The van der Waals surface area contributed by atoms with Gasteiger partial charge in [0.15, 0.2) is 5.78 Å². The van der Waals surface area contributed by atoms with Gasteiger partial charge in [-0.05, 0) is 36.2 Å². The predicted octanol–water partition coefficient (Wildman–Crippen LogP) is 3.03. The van der Waals surface area contributed by atoms with Gasteiger partial charge in [-0.1, -0.05) is 0 Å². The number of aromatic nitrogens is 1. The van der Waals surface area contributed by atoms with E-state index in [1.54, 1.807) is 18.3 Å². The third kappa shape index (κ3) is 1.99. The standard InChI is InChI=1S/C15H12FNO2/c1-19-11-3-4-13(16)12(7-11)10-6-9-2-5-14(18)15(9)17-8-10/h3-4,6-8H,2,5H2,1H3. The number of aryl methyl sites for hydroxylation is 1. The predicted molar refractivity (Wildman–Crippen MR) is 68.8 cm³/mol. The summed E-state index contributed by atoms with van der Waals surface area (Å²) in [7, 11) is 1.54. The van der Waals surface area contributed by atoms with E-state index in [0.29, 0.717) is 35.4 Å². The number of nitrogens with zero attached hydrogens (tertiary/aromatic N) is 1. The van der Waals surface area contributed by atoms with E-state index < -0.39 is 0 Å². The summed E-state index contributed by atoms with van der Waals surface area (Å²) in [6.07, 6.45) is 2.72. The lowest BCUT2D eigenvalue weighted by atomic mass is 10.0. The van der Waals surface area contributed by atoms with E-state index in [9.17, 15) is 9.18 Å². The number of carbonyl (C=O) groups is 1. The van der Waals surface area contributed by atoms with Crippen molar-refractivity contribution in [3.8, 4) is 16.9 Å². The zero-order valence-corrected chi connectivity index (χ0v) is 10.4. The van der Waals surface area contributed by atoms with Crippen LogP contribution in [0.4, 0.5) is 4.39 Å². The van der Waals surface area contributed by atoms with Crippen LogP contribution in [0, 0.1) is 5.82 Å². The first-order valence-electron chi connectivity index (χ1n) is 6.05. The van der Waals surface area contributed by atoms with Crippen molar-refractivity contribution < 1.29 is 13.9 Å². The number of carbonyl (C=O) groups excluding carboxylic acids is 1. The minimum atomic E-state index is -0.327. The van der Waals surface area contributed by atoms with Crippen molar-refractivity contribution in [1.82, 2.24) is 4.98 Å². The molecular formula is C15H12FNO2. The highest BCUT2D eigenvalue weighted by molar-refractivity contribution is 5.98. The molecule has 19 heavy (non-hydrogen) atoms. The fraction of sp³-hybridized carbons (Fsp3) is 0.200. The van der Waals surface area contributed by atoms with Crippen LogP contribution in [0.1, 0.15) is 22.5 Å². The molecule has 0 unspecified atom stereocenters. The number of ketones is 1. The fourth-order valence-corrected chi connectivity index (χ4v) is 2.32. The molecular weight excluding hydrogens is 245 g/mol. The van der Waals surface area contributed by atoms with E-state index in [-0.39, 0.29) is 11.6 Å². The summed E-state index contributed by atoms with van der Waals surface area (Å²) < 4.78 is 19.0. The molecule has 1 aliphatic rings. The number of pyridine rings is 1. The largest absolute Gasteiger partial charge is 0.497 e. The molecule has 4 heteroatoms. The Hall–Kier alpha value is -2.23. The number of benzene rings is 1. The minimum Gasteiger partial charge on any atom is -0.497 e. The summed E-state index contributed by atoms with van der Waals surface area (Å²) in [5.74, 6) is 0.326. The Morgan fingerprint density at radius 2 is 2.11 bits per heavy atom. The van der Waals surface area contributed by atoms with Crippen molar-refractivity contribution in [1.29, 1.82) is 0 Å². The summed E-state index contributed by atoms with van der Waals surface area (Å²) in [5, 5.41) is 0. The SMILES string of the molecule is COc1ccc(F)c(-c2cnc3c(c2)CCC3=O)c1. The van der Waals surface area contributed by atoms with Crippen LogP contribution >= 0.6 is 0 Å². The number of hydrogen-bond acceptors (Lipinski definition) is 3. The molecule has 96 valence electrons. The molecule has 0 radical (unpaired) electrons. The number of fused-ring (bicyclic) bond motifs is 1. The second-order valence-corrected chi connectivity index (χ2v) is 4.50. The number of rotatable bonds is 2. The first-order valence-corrected chi connectivity index (χ1v) is 6.05. The molecule has 2 aromatic rings. The molecule has 0 fully saturated rings. The Morgan fingerprint density at radius 3 is 2.89 bits per heavy atom. The van der Waals surface area contributed by atoms with Crippen LogP contribution in [0.3, 0.4) is 0 Å². The van der Waals surface area contributed by atoms with Gasteiger partial charge in [0.25, 0.3) is 0 Å². The summed E-state index contributed by atoms with van der Waals surface area (Å²) >= 11 is 0. The number of hydrogen-bond donors (Lipinski definition) is 0. The molecule has 3 rings (SSSR count). The molecule has 3 nitrogen and oxygen atoms in total. The van der Waals surface area contributed by atoms with E-state index >= 15 is 0 Å². The summed E-state index contributed by atoms with van der Waals surface area (Å²) in [6, 6.07) is 6.41. The van der Waals surface area contributed by atoms with Gasteiger partial charge in [-0.3, -0.25) is 9.78 Å². The van der Waals surface area contributed by atoms with E-state index in [2.05, 4.69) is 4.98 Å². The molecule has 0 atom stereocenters. The Morgan fingerprint density at radius 1 is 1.26 bits per heavy atom. The maximum atomic E-state index is 13.9.